The predicted molar refractivity (Wildman–Crippen MR) is 69.9 cm³/mol. The molecule has 0 bridgehead atoms. The van der Waals surface area contributed by atoms with Gasteiger partial charge in [0, 0.05) is 11.0 Å². The van der Waals surface area contributed by atoms with E-state index in [-0.39, 0.29) is 6.61 Å². The molecule has 1 aliphatic rings. The van der Waals surface area contributed by atoms with Crippen molar-refractivity contribution in [1.29, 1.82) is 0 Å². The third kappa shape index (κ3) is 2.22. The first kappa shape index (κ1) is 12.6. The summed E-state index contributed by atoms with van der Waals surface area (Å²) in [5.41, 5.74) is 1.81. The van der Waals surface area contributed by atoms with Crippen LogP contribution in [0, 0.1) is 5.41 Å². The molecule has 1 aliphatic carbocycles. The van der Waals surface area contributed by atoms with Crippen LogP contribution in [-0.4, -0.2) is 22.8 Å². The Bertz CT molecular complexity index is 514. The van der Waals surface area contributed by atoms with Gasteiger partial charge in [-0.1, -0.05) is 49.4 Å². The number of carbonyl (C=O) groups is 1. The second-order valence-corrected chi connectivity index (χ2v) is 4.84. The van der Waals surface area contributed by atoms with Crippen molar-refractivity contribution >= 4 is 11.5 Å². The molecule has 1 unspecified atom stereocenters. The zero-order valence-corrected chi connectivity index (χ0v) is 10.3. The van der Waals surface area contributed by atoms with Crippen molar-refractivity contribution in [2.45, 2.75) is 13.3 Å². The van der Waals surface area contributed by atoms with Crippen molar-refractivity contribution in [3.05, 3.63) is 53.6 Å². The van der Waals surface area contributed by atoms with E-state index in [1.165, 1.54) is 0 Å². The minimum absolute atomic E-state index is 0.0711. The Balaban J connectivity index is 2.47. The number of aliphatic carboxylic acids is 1. The topological polar surface area (TPSA) is 57.5 Å². The fraction of sp³-hybridized carbons (Fsp3) is 0.267. The molecular formula is C15H16O3. The van der Waals surface area contributed by atoms with Crippen molar-refractivity contribution < 1.29 is 15.0 Å². The average Bonchev–Trinajstić information content (AvgIpc) is 2.39. The van der Waals surface area contributed by atoms with E-state index in [2.05, 4.69) is 0 Å². The van der Waals surface area contributed by atoms with Gasteiger partial charge < -0.3 is 10.2 Å². The SMILES string of the molecule is CC1(CO)CC(C(=O)O)=CC=C1c1ccccc1. The third-order valence-corrected chi connectivity index (χ3v) is 3.39. The second-order valence-electron chi connectivity index (χ2n) is 4.84. The maximum absolute atomic E-state index is 11.0. The van der Waals surface area contributed by atoms with Crippen molar-refractivity contribution in [2.24, 2.45) is 5.41 Å². The van der Waals surface area contributed by atoms with Gasteiger partial charge in [0.05, 0.1) is 6.61 Å². The number of hydrogen-bond acceptors (Lipinski definition) is 2. The molecule has 3 nitrogen and oxygen atoms in total. The zero-order valence-electron chi connectivity index (χ0n) is 10.3. The first-order valence-corrected chi connectivity index (χ1v) is 5.88. The minimum Gasteiger partial charge on any atom is -0.478 e. The molecule has 2 N–H and O–H groups in total. The van der Waals surface area contributed by atoms with Crippen LogP contribution < -0.4 is 0 Å². The molecule has 2 rings (SSSR count). The van der Waals surface area contributed by atoms with Gasteiger partial charge in [-0.05, 0) is 17.6 Å². The molecule has 0 spiro atoms. The molecule has 1 aromatic rings. The molecule has 18 heavy (non-hydrogen) atoms. The summed E-state index contributed by atoms with van der Waals surface area (Å²) in [6, 6.07) is 9.75. The highest BCUT2D eigenvalue weighted by Crippen LogP contribution is 2.42. The van der Waals surface area contributed by atoms with Gasteiger partial charge in [0.1, 0.15) is 0 Å². The molecule has 3 heteroatoms. The monoisotopic (exact) mass is 244 g/mol. The van der Waals surface area contributed by atoms with Crippen LogP contribution in [0.1, 0.15) is 18.9 Å². The minimum atomic E-state index is -0.918. The highest BCUT2D eigenvalue weighted by Gasteiger charge is 2.34. The maximum Gasteiger partial charge on any atom is 0.331 e. The lowest BCUT2D eigenvalue weighted by atomic mass is 9.72. The van der Waals surface area contributed by atoms with E-state index in [1.807, 2.05) is 37.3 Å². The Hall–Kier alpha value is -1.87. The summed E-state index contributed by atoms with van der Waals surface area (Å²) >= 11 is 0. The largest absolute Gasteiger partial charge is 0.478 e. The summed E-state index contributed by atoms with van der Waals surface area (Å²) in [6.07, 6.45) is 3.78. The number of aliphatic hydroxyl groups excluding tert-OH is 1. The first-order chi connectivity index (χ1) is 8.57. The van der Waals surface area contributed by atoms with Gasteiger partial charge in [-0.25, -0.2) is 4.79 Å². The molecule has 0 radical (unpaired) electrons. The van der Waals surface area contributed by atoms with Gasteiger partial charge in [0.2, 0.25) is 0 Å². The van der Waals surface area contributed by atoms with Gasteiger partial charge in [-0.2, -0.15) is 0 Å². The normalized spacial score (nSPS) is 23.2. The molecule has 0 aromatic heterocycles. The van der Waals surface area contributed by atoms with E-state index in [9.17, 15) is 9.90 Å². The van der Waals surface area contributed by atoms with Crippen molar-refractivity contribution in [3.8, 4) is 0 Å². The number of aliphatic hydroxyl groups is 1. The van der Waals surface area contributed by atoms with Gasteiger partial charge >= 0.3 is 5.97 Å². The van der Waals surface area contributed by atoms with Crippen LogP contribution in [0.3, 0.4) is 0 Å². The van der Waals surface area contributed by atoms with Crippen LogP contribution in [0.2, 0.25) is 0 Å². The van der Waals surface area contributed by atoms with Gasteiger partial charge in [-0.15, -0.1) is 0 Å². The highest BCUT2D eigenvalue weighted by atomic mass is 16.4. The smallest absolute Gasteiger partial charge is 0.331 e. The van der Waals surface area contributed by atoms with E-state index in [0.717, 1.165) is 11.1 Å². The Morgan fingerprint density at radius 2 is 1.94 bits per heavy atom. The Morgan fingerprint density at radius 1 is 1.28 bits per heavy atom. The lowest BCUT2D eigenvalue weighted by Gasteiger charge is -2.33. The Kier molecular flexibility index (Phi) is 3.34. The van der Waals surface area contributed by atoms with Crippen LogP contribution >= 0.6 is 0 Å². The number of rotatable bonds is 3. The number of allylic oxidation sites excluding steroid dienone is 2. The number of hydrogen-bond donors (Lipinski definition) is 2. The molecule has 0 amide bonds. The number of benzene rings is 1. The fourth-order valence-corrected chi connectivity index (χ4v) is 2.31. The zero-order chi connectivity index (χ0) is 13.2. The lowest BCUT2D eigenvalue weighted by molar-refractivity contribution is -0.133. The van der Waals surface area contributed by atoms with Gasteiger partial charge in [0.15, 0.2) is 0 Å². The van der Waals surface area contributed by atoms with Crippen LogP contribution in [0.4, 0.5) is 0 Å². The van der Waals surface area contributed by atoms with E-state index < -0.39 is 11.4 Å². The predicted octanol–water partition coefficient (Wildman–Crippen LogP) is 2.48. The summed E-state index contributed by atoms with van der Waals surface area (Å²) in [6.45, 7) is 1.82. The van der Waals surface area contributed by atoms with Gasteiger partial charge in [-0.3, -0.25) is 0 Å². The van der Waals surface area contributed by atoms with Crippen LogP contribution in [0.25, 0.3) is 5.57 Å². The van der Waals surface area contributed by atoms with Crippen molar-refractivity contribution in [3.63, 3.8) is 0 Å². The summed E-state index contributed by atoms with van der Waals surface area (Å²) in [7, 11) is 0. The molecule has 1 aromatic carbocycles. The summed E-state index contributed by atoms with van der Waals surface area (Å²) in [4.78, 5) is 11.0. The lowest BCUT2D eigenvalue weighted by Crippen LogP contribution is -2.27. The summed E-state index contributed by atoms with van der Waals surface area (Å²) < 4.78 is 0. The second kappa shape index (κ2) is 4.78. The van der Waals surface area contributed by atoms with Crippen molar-refractivity contribution in [2.75, 3.05) is 6.61 Å². The third-order valence-electron chi connectivity index (χ3n) is 3.39. The molecule has 0 saturated heterocycles. The molecule has 94 valence electrons. The first-order valence-electron chi connectivity index (χ1n) is 5.88. The molecule has 0 aliphatic heterocycles. The average molecular weight is 244 g/mol. The molecule has 0 fully saturated rings. The van der Waals surface area contributed by atoms with Crippen LogP contribution in [-0.2, 0) is 4.79 Å². The van der Waals surface area contributed by atoms with E-state index in [0.29, 0.717) is 12.0 Å². The summed E-state index contributed by atoms with van der Waals surface area (Å²) in [5.74, 6) is -0.918. The van der Waals surface area contributed by atoms with Crippen molar-refractivity contribution in [1.82, 2.24) is 0 Å². The van der Waals surface area contributed by atoms with Crippen LogP contribution in [0.15, 0.2) is 48.1 Å². The maximum atomic E-state index is 11.0. The molecule has 1 atom stereocenters. The fourth-order valence-electron chi connectivity index (χ4n) is 2.31. The van der Waals surface area contributed by atoms with E-state index in [1.54, 1.807) is 12.2 Å². The summed E-state index contributed by atoms with van der Waals surface area (Å²) in [5, 5.41) is 18.7. The highest BCUT2D eigenvalue weighted by molar-refractivity contribution is 5.90. The molecular weight excluding hydrogens is 228 g/mol. The van der Waals surface area contributed by atoms with E-state index >= 15 is 0 Å². The van der Waals surface area contributed by atoms with Gasteiger partial charge in [0.25, 0.3) is 0 Å². The molecule has 0 heterocycles. The number of carboxylic acids is 1. The standard InChI is InChI=1S/C15H16O3/c1-15(10-16)9-12(14(17)18)7-8-13(15)11-5-3-2-4-6-11/h2-8,16H,9-10H2,1H3,(H,17,18). The van der Waals surface area contributed by atoms with E-state index in [4.69, 9.17) is 5.11 Å². The quantitative estimate of drug-likeness (QED) is 0.858. The van der Waals surface area contributed by atoms with Crippen LogP contribution in [0.5, 0.6) is 0 Å². The Labute approximate surface area is 106 Å². The Morgan fingerprint density at radius 3 is 2.50 bits per heavy atom. The number of carboxylic acid groups (broad SMARTS) is 1. The molecule has 0 saturated carbocycles.